The molecule has 0 spiro atoms. The van der Waals surface area contributed by atoms with Crippen LogP contribution in [0.25, 0.3) is 0 Å². The fraction of sp³-hybridized carbons (Fsp3) is 0.286. The fourth-order valence-electron chi connectivity index (χ4n) is 1.16. The van der Waals surface area contributed by atoms with Gasteiger partial charge in [0.15, 0.2) is 11.7 Å². The number of hydrogen-bond donors (Lipinski definition) is 2. The Morgan fingerprint density at radius 1 is 1.20 bits per heavy atom. The average Bonchev–Trinajstić information content (AvgIpc) is 2.52. The molecule has 0 fully saturated rings. The second-order valence-electron chi connectivity index (χ2n) is 3.29. The maximum absolute atomic E-state index is 5.73. The van der Waals surface area contributed by atoms with Crippen molar-refractivity contribution in [2.75, 3.05) is 7.05 Å². The molecule has 0 atom stereocenters. The molecule has 0 aliphatic rings. The van der Waals surface area contributed by atoms with E-state index in [1.807, 2.05) is 32.9 Å². The first kappa shape index (κ1) is 17.5. The first-order valence-corrected chi connectivity index (χ1v) is 6.37. The first-order valence-electron chi connectivity index (χ1n) is 6.37. The molecule has 0 saturated heterocycles. The van der Waals surface area contributed by atoms with Crippen LogP contribution in [0.15, 0.2) is 51.7 Å². The molecule has 6 nitrogen and oxygen atoms in total. The van der Waals surface area contributed by atoms with Crippen molar-refractivity contribution in [3.05, 3.63) is 42.2 Å². The third-order valence-corrected chi connectivity index (χ3v) is 2.02. The van der Waals surface area contributed by atoms with Gasteiger partial charge in [-0.1, -0.05) is 26.0 Å². The summed E-state index contributed by atoms with van der Waals surface area (Å²) in [4.78, 5) is 8.02. The lowest BCUT2D eigenvalue weighted by molar-refractivity contribution is 1.18. The van der Waals surface area contributed by atoms with Crippen molar-refractivity contribution in [2.45, 2.75) is 20.8 Å². The monoisotopic (exact) mass is 274 g/mol. The van der Waals surface area contributed by atoms with Crippen molar-refractivity contribution in [3.63, 3.8) is 0 Å². The zero-order valence-electron chi connectivity index (χ0n) is 12.4. The van der Waals surface area contributed by atoms with Crippen LogP contribution in [0.1, 0.15) is 26.5 Å². The van der Waals surface area contributed by atoms with Gasteiger partial charge in [0.1, 0.15) is 11.4 Å². The molecule has 0 aliphatic heterocycles. The van der Waals surface area contributed by atoms with Crippen LogP contribution in [0, 0.1) is 0 Å². The molecule has 0 amide bonds. The van der Waals surface area contributed by atoms with Crippen LogP contribution in [0.3, 0.4) is 0 Å². The highest BCUT2D eigenvalue weighted by Crippen LogP contribution is 1.93. The van der Waals surface area contributed by atoms with E-state index in [2.05, 4.69) is 20.2 Å². The second kappa shape index (κ2) is 10.4. The van der Waals surface area contributed by atoms with E-state index in [4.69, 9.17) is 11.5 Å². The molecule has 0 aliphatic carbocycles. The molecule has 1 heterocycles. The standard InChI is InChI=1S/C12H16N6.C2H6/c1-3-6-9(15-2)11(13)17-18-12(14)10-7-4-5-8-16-10;1-2/h3-8H,1-2H3,(H2,13,17)(H2,14,18);1-2H3/b6-3-,15-9?;. The molecule has 1 rings (SSSR count). The van der Waals surface area contributed by atoms with E-state index in [0.29, 0.717) is 11.4 Å². The Morgan fingerprint density at radius 2 is 1.90 bits per heavy atom. The van der Waals surface area contributed by atoms with E-state index in [1.54, 1.807) is 31.5 Å². The van der Waals surface area contributed by atoms with Crippen molar-refractivity contribution in [1.82, 2.24) is 4.98 Å². The highest BCUT2D eigenvalue weighted by atomic mass is 15.3. The van der Waals surface area contributed by atoms with Crippen molar-refractivity contribution < 1.29 is 0 Å². The van der Waals surface area contributed by atoms with E-state index < -0.39 is 0 Å². The topological polar surface area (TPSA) is 102 Å². The summed E-state index contributed by atoms with van der Waals surface area (Å²) in [5.41, 5.74) is 12.6. The largest absolute Gasteiger partial charge is 0.380 e. The minimum Gasteiger partial charge on any atom is -0.380 e. The average molecular weight is 274 g/mol. The third kappa shape index (κ3) is 5.90. The van der Waals surface area contributed by atoms with E-state index in [1.165, 1.54) is 0 Å². The molecule has 0 bridgehead atoms. The van der Waals surface area contributed by atoms with Crippen molar-refractivity contribution in [3.8, 4) is 0 Å². The van der Waals surface area contributed by atoms with Crippen LogP contribution in [-0.2, 0) is 0 Å². The number of hydrogen-bond acceptors (Lipinski definition) is 4. The zero-order valence-corrected chi connectivity index (χ0v) is 12.4. The Labute approximate surface area is 120 Å². The number of allylic oxidation sites excluding steroid dienone is 1. The number of aromatic nitrogens is 1. The van der Waals surface area contributed by atoms with Gasteiger partial charge in [-0.25, -0.2) is 0 Å². The van der Waals surface area contributed by atoms with Crippen molar-refractivity contribution in [2.24, 2.45) is 26.7 Å². The molecule has 0 unspecified atom stereocenters. The summed E-state index contributed by atoms with van der Waals surface area (Å²) in [7, 11) is 1.63. The molecular weight excluding hydrogens is 252 g/mol. The van der Waals surface area contributed by atoms with E-state index >= 15 is 0 Å². The Bertz CT molecular complexity index is 500. The van der Waals surface area contributed by atoms with E-state index in [0.717, 1.165) is 0 Å². The summed E-state index contributed by atoms with van der Waals surface area (Å²) >= 11 is 0. The highest BCUT2D eigenvalue weighted by Gasteiger charge is 2.00. The minimum atomic E-state index is 0.203. The van der Waals surface area contributed by atoms with Gasteiger partial charge in [0, 0.05) is 13.2 Å². The lowest BCUT2D eigenvalue weighted by Gasteiger charge is -1.98. The number of nitrogens with two attached hydrogens (primary N) is 2. The maximum atomic E-state index is 5.73. The van der Waals surface area contributed by atoms with Crippen molar-refractivity contribution >= 4 is 17.4 Å². The van der Waals surface area contributed by atoms with Gasteiger partial charge in [0.05, 0.1) is 0 Å². The fourth-order valence-corrected chi connectivity index (χ4v) is 1.16. The molecule has 1 aromatic rings. The van der Waals surface area contributed by atoms with Crippen LogP contribution < -0.4 is 11.5 Å². The Balaban J connectivity index is 0.00000172. The number of nitrogens with zero attached hydrogens (tertiary/aromatic N) is 4. The SMILES string of the molecule is C/C=C\C(=NC)/C(N)=N/N=C(\N)c1ccccn1.CC. The van der Waals surface area contributed by atoms with Gasteiger partial charge in [-0.3, -0.25) is 9.98 Å². The van der Waals surface area contributed by atoms with Gasteiger partial charge in [0.2, 0.25) is 0 Å². The summed E-state index contributed by atoms with van der Waals surface area (Å²) in [6, 6.07) is 5.35. The molecule has 108 valence electrons. The summed E-state index contributed by atoms with van der Waals surface area (Å²) in [6.07, 6.45) is 5.19. The summed E-state index contributed by atoms with van der Waals surface area (Å²) in [5.74, 6) is 0.406. The zero-order chi connectivity index (χ0) is 15.4. The lowest BCUT2D eigenvalue weighted by atomic mass is 10.3. The summed E-state index contributed by atoms with van der Waals surface area (Å²) < 4.78 is 0. The third-order valence-electron chi connectivity index (χ3n) is 2.02. The molecule has 4 N–H and O–H groups in total. The van der Waals surface area contributed by atoms with Gasteiger partial charge >= 0.3 is 0 Å². The molecule has 20 heavy (non-hydrogen) atoms. The number of pyridine rings is 1. The molecule has 0 radical (unpaired) electrons. The number of aliphatic imine (C=N–C) groups is 1. The number of amidine groups is 2. The molecule has 1 aromatic heterocycles. The van der Waals surface area contributed by atoms with E-state index in [-0.39, 0.29) is 11.7 Å². The number of rotatable bonds is 4. The van der Waals surface area contributed by atoms with Gasteiger partial charge < -0.3 is 11.5 Å². The molecule has 6 heteroatoms. The van der Waals surface area contributed by atoms with Gasteiger partial charge in [-0.15, -0.1) is 10.2 Å². The predicted molar refractivity (Wildman–Crippen MR) is 86.1 cm³/mol. The van der Waals surface area contributed by atoms with Crippen LogP contribution in [0.2, 0.25) is 0 Å². The molecule has 0 aromatic carbocycles. The quantitative estimate of drug-likeness (QED) is 0.496. The summed E-state index contributed by atoms with van der Waals surface area (Å²) in [6.45, 7) is 5.87. The van der Waals surface area contributed by atoms with Gasteiger partial charge in [0.25, 0.3) is 0 Å². The van der Waals surface area contributed by atoms with Crippen LogP contribution in [-0.4, -0.2) is 29.4 Å². The molecule has 0 saturated carbocycles. The van der Waals surface area contributed by atoms with Crippen LogP contribution >= 0.6 is 0 Å². The second-order valence-corrected chi connectivity index (χ2v) is 3.29. The smallest absolute Gasteiger partial charge is 0.172 e. The first-order chi connectivity index (χ1) is 9.69. The van der Waals surface area contributed by atoms with Crippen LogP contribution in [0.5, 0.6) is 0 Å². The normalized spacial score (nSPS) is 13.1. The Kier molecular flexibility index (Phi) is 9.12. The minimum absolute atomic E-state index is 0.203. The predicted octanol–water partition coefficient (Wildman–Crippen LogP) is 1.73. The Morgan fingerprint density at radius 3 is 2.40 bits per heavy atom. The van der Waals surface area contributed by atoms with Crippen LogP contribution in [0.4, 0.5) is 0 Å². The van der Waals surface area contributed by atoms with Gasteiger partial charge in [-0.05, 0) is 25.1 Å². The highest BCUT2D eigenvalue weighted by molar-refractivity contribution is 6.45. The van der Waals surface area contributed by atoms with E-state index in [9.17, 15) is 0 Å². The summed E-state index contributed by atoms with van der Waals surface area (Å²) in [5, 5.41) is 7.65. The maximum Gasteiger partial charge on any atom is 0.172 e. The molecular formula is C14H22N6. The Hall–Kier alpha value is -2.50. The van der Waals surface area contributed by atoms with Crippen molar-refractivity contribution in [1.29, 1.82) is 0 Å². The van der Waals surface area contributed by atoms with Gasteiger partial charge in [-0.2, -0.15) is 0 Å². The lowest BCUT2D eigenvalue weighted by Crippen LogP contribution is -2.22.